The number of benzene rings is 1. The fraction of sp³-hybridized carbons (Fsp3) is 0.364. The van der Waals surface area contributed by atoms with Crippen molar-refractivity contribution in [3.05, 3.63) is 34.3 Å². The van der Waals surface area contributed by atoms with Gasteiger partial charge in [-0.1, -0.05) is 23.7 Å². The third-order valence-corrected chi connectivity index (χ3v) is 3.14. The Kier molecular flexibility index (Phi) is 2.23. The number of hydrogen-bond acceptors (Lipinski definition) is 1. The Balaban J connectivity index is 2.20. The van der Waals surface area contributed by atoms with Gasteiger partial charge < -0.3 is 5.11 Å². The SMILES string of the molecule is Cc1ccc([C@@H]2C[C@H]2C(=O)O)cc1Cl. The van der Waals surface area contributed by atoms with Gasteiger partial charge in [0.15, 0.2) is 0 Å². The molecule has 1 aliphatic rings. The molecule has 0 bridgehead atoms. The zero-order valence-electron chi connectivity index (χ0n) is 7.83. The molecule has 1 aliphatic carbocycles. The molecule has 0 spiro atoms. The summed E-state index contributed by atoms with van der Waals surface area (Å²) in [6.45, 7) is 1.94. The number of aliphatic carboxylic acids is 1. The molecule has 0 aliphatic heterocycles. The average Bonchev–Trinajstić information content (AvgIpc) is 2.89. The van der Waals surface area contributed by atoms with Crippen molar-refractivity contribution in [3.8, 4) is 0 Å². The van der Waals surface area contributed by atoms with Gasteiger partial charge in [-0.25, -0.2) is 0 Å². The van der Waals surface area contributed by atoms with E-state index >= 15 is 0 Å². The van der Waals surface area contributed by atoms with Crippen LogP contribution in [0.2, 0.25) is 5.02 Å². The van der Waals surface area contributed by atoms with Crippen molar-refractivity contribution >= 4 is 17.6 Å². The highest BCUT2D eigenvalue weighted by atomic mass is 35.5. The zero-order chi connectivity index (χ0) is 10.3. The van der Waals surface area contributed by atoms with Crippen LogP contribution in [0, 0.1) is 12.8 Å². The molecule has 0 saturated heterocycles. The lowest BCUT2D eigenvalue weighted by atomic mass is 10.1. The number of halogens is 1. The van der Waals surface area contributed by atoms with Crippen LogP contribution in [0.4, 0.5) is 0 Å². The lowest BCUT2D eigenvalue weighted by Crippen LogP contribution is -1.98. The molecule has 74 valence electrons. The van der Waals surface area contributed by atoms with E-state index in [9.17, 15) is 4.79 Å². The summed E-state index contributed by atoms with van der Waals surface area (Å²) in [5.41, 5.74) is 2.08. The van der Waals surface area contributed by atoms with Crippen LogP contribution in [0.1, 0.15) is 23.5 Å². The molecular formula is C11H11ClO2. The molecule has 2 atom stereocenters. The van der Waals surface area contributed by atoms with E-state index in [2.05, 4.69) is 0 Å². The summed E-state index contributed by atoms with van der Waals surface area (Å²) in [6.07, 6.45) is 0.745. The molecule has 0 unspecified atom stereocenters. The van der Waals surface area contributed by atoms with Crippen LogP contribution >= 0.6 is 11.6 Å². The lowest BCUT2D eigenvalue weighted by Gasteiger charge is -2.02. The van der Waals surface area contributed by atoms with Crippen LogP contribution < -0.4 is 0 Å². The predicted molar refractivity (Wildman–Crippen MR) is 54.7 cm³/mol. The minimum atomic E-state index is -0.702. The smallest absolute Gasteiger partial charge is 0.307 e. The first-order chi connectivity index (χ1) is 6.59. The van der Waals surface area contributed by atoms with Crippen molar-refractivity contribution in [2.45, 2.75) is 19.3 Å². The number of carboxylic acid groups (broad SMARTS) is 1. The van der Waals surface area contributed by atoms with Gasteiger partial charge in [-0.2, -0.15) is 0 Å². The van der Waals surface area contributed by atoms with Gasteiger partial charge in [-0.3, -0.25) is 4.79 Å². The van der Waals surface area contributed by atoms with E-state index in [1.165, 1.54) is 0 Å². The van der Waals surface area contributed by atoms with Gasteiger partial charge in [-0.15, -0.1) is 0 Å². The van der Waals surface area contributed by atoms with E-state index in [4.69, 9.17) is 16.7 Å². The Morgan fingerprint density at radius 3 is 2.79 bits per heavy atom. The maximum absolute atomic E-state index is 10.7. The Labute approximate surface area is 87.5 Å². The minimum Gasteiger partial charge on any atom is -0.481 e. The normalized spacial score (nSPS) is 24.7. The predicted octanol–water partition coefficient (Wildman–Crippen LogP) is 2.84. The van der Waals surface area contributed by atoms with Crippen LogP contribution in [0.25, 0.3) is 0 Å². The Morgan fingerprint density at radius 2 is 2.29 bits per heavy atom. The van der Waals surface area contributed by atoms with Crippen molar-refractivity contribution in [2.75, 3.05) is 0 Å². The molecule has 2 rings (SSSR count). The summed E-state index contributed by atoms with van der Waals surface area (Å²) in [5.74, 6) is -0.730. The lowest BCUT2D eigenvalue weighted by molar-refractivity contribution is -0.138. The summed E-state index contributed by atoms with van der Waals surface area (Å²) in [5, 5.41) is 9.50. The van der Waals surface area contributed by atoms with Gasteiger partial charge in [0.05, 0.1) is 5.92 Å². The molecule has 0 radical (unpaired) electrons. The maximum Gasteiger partial charge on any atom is 0.307 e. The third kappa shape index (κ3) is 1.62. The second kappa shape index (κ2) is 3.28. The van der Waals surface area contributed by atoms with Crippen molar-refractivity contribution in [3.63, 3.8) is 0 Å². The van der Waals surface area contributed by atoms with E-state index in [0.29, 0.717) is 0 Å². The summed E-state index contributed by atoms with van der Waals surface area (Å²) in [6, 6.07) is 5.79. The molecule has 0 aromatic heterocycles. The molecule has 1 aromatic carbocycles. The van der Waals surface area contributed by atoms with Gasteiger partial charge in [0.25, 0.3) is 0 Å². The van der Waals surface area contributed by atoms with Gasteiger partial charge in [0.1, 0.15) is 0 Å². The van der Waals surface area contributed by atoms with Crippen LogP contribution in [0.5, 0.6) is 0 Å². The van der Waals surface area contributed by atoms with Crippen LogP contribution in [-0.4, -0.2) is 11.1 Å². The van der Waals surface area contributed by atoms with Crippen LogP contribution in [-0.2, 0) is 4.79 Å². The molecular weight excluding hydrogens is 200 g/mol. The van der Waals surface area contributed by atoms with E-state index < -0.39 is 5.97 Å². The molecule has 0 heterocycles. The highest BCUT2D eigenvalue weighted by molar-refractivity contribution is 6.31. The summed E-state index contributed by atoms with van der Waals surface area (Å²) >= 11 is 5.97. The molecule has 14 heavy (non-hydrogen) atoms. The van der Waals surface area contributed by atoms with Gasteiger partial charge >= 0.3 is 5.97 Å². The molecule has 1 N–H and O–H groups in total. The minimum absolute atomic E-state index is 0.172. The molecule has 0 amide bonds. The van der Waals surface area contributed by atoms with Crippen molar-refractivity contribution in [1.82, 2.24) is 0 Å². The third-order valence-electron chi connectivity index (χ3n) is 2.73. The number of rotatable bonds is 2. The number of hydrogen-bond donors (Lipinski definition) is 1. The molecule has 2 nitrogen and oxygen atoms in total. The van der Waals surface area contributed by atoms with E-state index in [-0.39, 0.29) is 11.8 Å². The topological polar surface area (TPSA) is 37.3 Å². The fourth-order valence-corrected chi connectivity index (χ4v) is 1.87. The second-order valence-corrected chi connectivity index (χ2v) is 4.20. The number of carboxylic acids is 1. The summed E-state index contributed by atoms with van der Waals surface area (Å²) < 4.78 is 0. The first kappa shape index (κ1) is 9.53. The highest BCUT2D eigenvalue weighted by Crippen LogP contribution is 2.48. The number of aryl methyl sites for hydroxylation is 1. The fourth-order valence-electron chi connectivity index (χ4n) is 1.68. The maximum atomic E-state index is 10.7. The average molecular weight is 211 g/mol. The largest absolute Gasteiger partial charge is 0.481 e. The van der Waals surface area contributed by atoms with Crippen LogP contribution in [0.3, 0.4) is 0 Å². The second-order valence-electron chi connectivity index (χ2n) is 3.80. The molecule has 3 heteroatoms. The molecule has 1 fully saturated rings. The first-order valence-electron chi connectivity index (χ1n) is 4.58. The standard InChI is InChI=1S/C11H11ClO2/c1-6-2-3-7(4-10(6)12)8-5-9(8)11(13)14/h2-4,8-9H,5H2,1H3,(H,13,14)/t8-,9+/m0/s1. The van der Waals surface area contributed by atoms with Gasteiger partial charge in [-0.05, 0) is 36.5 Å². The number of carbonyl (C=O) groups is 1. The van der Waals surface area contributed by atoms with E-state index in [0.717, 1.165) is 22.6 Å². The van der Waals surface area contributed by atoms with Crippen LogP contribution in [0.15, 0.2) is 18.2 Å². The van der Waals surface area contributed by atoms with Gasteiger partial charge in [0, 0.05) is 5.02 Å². The molecule has 1 saturated carbocycles. The van der Waals surface area contributed by atoms with Crippen molar-refractivity contribution in [2.24, 2.45) is 5.92 Å². The van der Waals surface area contributed by atoms with Gasteiger partial charge in [0.2, 0.25) is 0 Å². The van der Waals surface area contributed by atoms with E-state index in [1.807, 2.05) is 25.1 Å². The van der Waals surface area contributed by atoms with Crippen molar-refractivity contribution < 1.29 is 9.90 Å². The first-order valence-corrected chi connectivity index (χ1v) is 4.96. The highest BCUT2D eigenvalue weighted by Gasteiger charge is 2.44. The van der Waals surface area contributed by atoms with E-state index in [1.54, 1.807) is 0 Å². The Morgan fingerprint density at radius 1 is 1.57 bits per heavy atom. The van der Waals surface area contributed by atoms with Crippen molar-refractivity contribution in [1.29, 1.82) is 0 Å². The Hall–Kier alpha value is -1.02. The summed E-state index contributed by atoms with van der Waals surface area (Å²) in [4.78, 5) is 10.7. The quantitative estimate of drug-likeness (QED) is 0.815. The Bertz CT molecular complexity index is 387. The zero-order valence-corrected chi connectivity index (χ0v) is 8.58. The molecule has 1 aromatic rings. The summed E-state index contributed by atoms with van der Waals surface area (Å²) in [7, 11) is 0. The monoisotopic (exact) mass is 210 g/mol.